The van der Waals surface area contributed by atoms with Crippen LogP contribution in [0.4, 0.5) is 0 Å². The van der Waals surface area contributed by atoms with Crippen molar-refractivity contribution < 1.29 is 4.42 Å². The maximum absolute atomic E-state index is 6.63. The minimum Gasteiger partial charge on any atom is -0.456 e. The second kappa shape index (κ2) is 6.05. The highest BCUT2D eigenvalue weighted by molar-refractivity contribution is 6.34. The number of hydrogen-bond acceptors (Lipinski definition) is 1. The van der Waals surface area contributed by atoms with Crippen molar-refractivity contribution in [2.75, 3.05) is 0 Å². The first-order chi connectivity index (χ1) is 12.8. The first kappa shape index (κ1) is 15.2. The molecule has 124 valence electrons. The lowest BCUT2D eigenvalue weighted by molar-refractivity contribution is 0.669. The van der Waals surface area contributed by atoms with E-state index in [4.69, 9.17) is 16.0 Å². The minimum atomic E-state index is 0.749. The molecule has 0 aliphatic heterocycles. The van der Waals surface area contributed by atoms with Gasteiger partial charge in [-0.3, -0.25) is 0 Å². The van der Waals surface area contributed by atoms with Crippen LogP contribution in [0.5, 0.6) is 0 Å². The van der Waals surface area contributed by atoms with Crippen LogP contribution in [0.15, 0.2) is 95.4 Å². The lowest BCUT2D eigenvalue weighted by Gasteiger charge is -2.13. The van der Waals surface area contributed by atoms with Crippen molar-refractivity contribution in [2.45, 2.75) is 0 Å². The summed E-state index contributed by atoms with van der Waals surface area (Å²) in [5, 5.41) is 3.00. The van der Waals surface area contributed by atoms with Crippen molar-refractivity contribution in [1.29, 1.82) is 0 Å². The summed E-state index contributed by atoms with van der Waals surface area (Å²) in [4.78, 5) is 0. The third-order valence-electron chi connectivity index (χ3n) is 4.77. The van der Waals surface area contributed by atoms with E-state index >= 15 is 0 Å². The summed E-state index contributed by atoms with van der Waals surface area (Å²) in [6.07, 6.45) is 0. The predicted octanol–water partition coefficient (Wildman–Crippen LogP) is 7.57. The first-order valence-corrected chi connectivity index (χ1v) is 8.95. The Kier molecular flexibility index (Phi) is 3.55. The molecule has 26 heavy (non-hydrogen) atoms. The Bertz CT molecular complexity index is 1240. The van der Waals surface area contributed by atoms with Crippen LogP contribution in [0.3, 0.4) is 0 Å². The Morgan fingerprint density at radius 3 is 2.15 bits per heavy atom. The first-order valence-electron chi connectivity index (χ1n) is 8.57. The zero-order valence-electron chi connectivity index (χ0n) is 13.9. The molecule has 4 aromatic carbocycles. The molecule has 0 spiro atoms. The Balaban J connectivity index is 1.89. The highest BCUT2D eigenvalue weighted by Crippen LogP contribution is 2.42. The smallest absolute Gasteiger partial charge is 0.136 e. The third kappa shape index (κ3) is 2.33. The number of para-hydroxylation sites is 1. The summed E-state index contributed by atoms with van der Waals surface area (Å²) < 4.78 is 6.06. The normalized spacial score (nSPS) is 11.3. The van der Waals surface area contributed by atoms with Gasteiger partial charge in [0.25, 0.3) is 0 Å². The Hall–Kier alpha value is -3.03. The van der Waals surface area contributed by atoms with E-state index in [0.717, 1.165) is 49.2 Å². The molecular weight excluding hydrogens is 340 g/mol. The van der Waals surface area contributed by atoms with Crippen LogP contribution >= 0.6 is 11.6 Å². The van der Waals surface area contributed by atoms with Crippen molar-refractivity contribution >= 4 is 33.5 Å². The monoisotopic (exact) mass is 354 g/mol. The van der Waals surface area contributed by atoms with E-state index < -0.39 is 0 Å². The number of rotatable bonds is 2. The second-order valence-corrected chi connectivity index (χ2v) is 6.71. The van der Waals surface area contributed by atoms with E-state index in [2.05, 4.69) is 30.3 Å². The SMILES string of the molecule is Clc1cccc(-c2cccc3oc4ccccc4c23)c1-c1ccccc1. The Morgan fingerprint density at radius 1 is 0.577 bits per heavy atom. The molecule has 0 bridgehead atoms. The topological polar surface area (TPSA) is 13.1 Å². The molecule has 1 aromatic heterocycles. The summed E-state index contributed by atoms with van der Waals surface area (Å²) >= 11 is 6.63. The summed E-state index contributed by atoms with van der Waals surface area (Å²) in [5.41, 5.74) is 6.20. The van der Waals surface area contributed by atoms with E-state index in [9.17, 15) is 0 Å². The van der Waals surface area contributed by atoms with Crippen LogP contribution in [-0.4, -0.2) is 0 Å². The Morgan fingerprint density at radius 2 is 1.27 bits per heavy atom. The molecule has 0 unspecified atom stereocenters. The van der Waals surface area contributed by atoms with Gasteiger partial charge in [-0.1, -0.05) is 84.4 Å². The Labute approximate surface area is 156 Å². The van der Waals surface area contributed by atoms with Crippen molar-refractivity contribution in [2.24, 2.45) is 0 Å². The van der Waals surface area contributed by atoms with Gasteiger partial charge >= 0.3 is 0 Å². The van der Waals surface area contributed by atoms with Crippen molar-refractivity contribution in [3.05, 3.63) is 96.0 Å². The number of halogens is 1. The van der Waals surface area contributed by atoms with Crippen LogP contribution in [-0.2, 0) is 0 Å². The van der Waals surface area contributed by atoms with Gasteiger partial charge < -0.3 is 4.42 Å². The molecule has 1 heterocycles. The van der Waals surface area contributed by atoms with Gasteiger partial charge in [-0.15, -0.1) is 0 Å². The molecular formula is C24H15ClO. The molecule has 5 aromatic rings. The fourth-order valence-electron chi connectivity index (χ4n) is 3.65. The van der Waals surface area contributed by atoms with Crippen LogP contribution in [0.25, 0.3) is 44.2 Å². The summed E-state index contributed by atoms with van der Waals surface area (Å²) in [7, 11) is 0. The van der Waals surface area contributed by atoms with Crippen LogP contribution < -0.4 is 0 Å². The molecule has 0 amide bonds. The van der Waals surface area contributed by atoms with Gasteiger partial charge in [-0.05, 0) is 34.9 Å². The number of furan rings is 1. The molecule has 0 saturated heterocycles. The minimum absolute atomic E-state index is 0.749. The average Bonchev–Trinajstić information content (AvgIpc) is 3.07. The molecule has 1 nitrogen and oxygen atoms in total. The molecule has 0 radical (unpaired) electrons. The van der Waals surface area contributed by atoms with E-state index in [1.807, 2.05) is 60.7 Å². The molecule has 0 N–H and O–H groups in total. The van der Waals surface area contributed by atoms with E-state index in [1.165, 1.54) is 0 Å². The quantitative estimate of drug-likeness (QED) is 0.318. The van der Waals surface area contributed by atoms with Gasteiger partial charge in [-0.2, -0.15) is 0 Å². The van der Waals surface area contributed by atoms with Crippen LogP contribution in [0.2, 0.25) is 5.02 Å². The average molecular weight is 355 g/mol. The van der Waals surface area contributed by atoms with E-state index in [-0.39, 0.29) is 0 Å². The largest absolute Gasteiger partial charge is 0.456 e. The van der Waals surface area contributed by atoms with Gasteiger partial charge in [0.1, 0.15) is 11.2 Å². The van der Waals surface area contributed by atoms with Gasteiger partial charge in [0, 0.05) is 21.4 Å². The van der Waals surface area contributed by atoms with Crippen LogP contribution in [0.1, 0.15) is 0 Å². The van der Waals surface area contributed by atoms with Gasteiger partial charge in [0.05, 0.1) is 0 Å². The zero-order chi connectivity index (χ0) is 17.5. The van der Waals surface area contributed by atoms with Crippen molar-refractivity contribution in [1.82, 2.24) is 0 Å². The molecule has 0 aliphatic rings. The second-order valence-electron chi connectivity index (χ2n) is 6.31. The van der Waals surface area contributed by atoms with Gasteiger partial charge in [0.2, 0.25) is 0 Å². The van der Waals surface area contributed by atoms with E-state index in [1.54, 1.807) is 0 Å². The standard InChI is InChI=1S/C24H15ClO/c25-20-13-6-11-17(23(20)16-8-2-1-3-9-16)18-12-7-15-22-24(18)19-10-4-5-14-21(19)26-22/h1-15H. The highest BCUT2D eigenvalue weighted by atomic mass is 35.5. The number of benzene rings is 4. The molecule has 2 heteroatoms. The van der Waals surface area contributed by atoms with Crippen molar-refractivity contribution in [3.63, 3.8) is 0 Å². The predicted molar refractivity (Wildman–Crippen MR) is 110 cm³/mol. The van der Waals surface area contributed by atoms with Crippen LogP contribution in [0, 0.1) is 0 Å². The summed E-state index contributed by atoms with van der Waals surface area (Å²) in [6, 6.07) is 30.7. The number of hydrogen-bond donors (Lipinski definition) is 0. The van der Waals surface area contributed by atoms with Crippen molar-refractivity contribution in [3.8, 4) is 22.3 Å². The fourth-order valence-corrected chi connectivity index (χ4v) is 3.93. The van der Waals surface area contributed by atoms with Gasteiger partial charge in [0.15, 0.2) is 0 Å². The summed E-state index contributed by atoms with van der Waals surface area (Å²) in [5.74, 6) is 0. The third-order valence-corrected chi connectivity index (χ3v) is 5.08. The highest BCUT2D eigenvalue weighted by Gasteiger charge is 2.16. The van der Waals surface area contributed by atoms with E-state index in [0.29, 0.717) is 0 Å². The lowest BCUT2D eigenvalue weighted by atomic mass is 9.92. The zero-order valence-corrected chi connectivity index (χ0v) is 14.7. The molecule has 0 fully saturated rings. The number of fused-ring (bicyclic) bond motifs is 3. The molecule has 0 aliphatic carbocycles. The fraction of sp³-hybridized carbons (Fsp3) is 0. The summed E-state index contributed by atoms with van der Waals surface area (Å²) in [6.45, 7) is 0. The molecule has 0 saturated carbocycles. The maximum Gasteiger partial charge on any atom is 0.136 e. The molecule has 0 atom stereocenters. The maximum atomic E-state index is 6.63. The van der Waals surface area contributed by atoms with Gasteiger partial charge in [-0.25, -0.2) is 0 Å². The lowest BCUT2D eigenvalue weighted by Crippen LogP contribution is -1.87. The molecule has 5 rings (SSSR count).